The summed E-state index contributed by atoms with van der Waals surface area (Å²) in [5.74, 6) is -0.0950. The zero-order chi connectivity index (χ0) is 16.0. The first-order valence-electron chi connectivity index (χ1n) is 5.63. The van der Waals surface area contributed by atoms with Crippen LogP contribution in [0.15, 0.2) is 46.7 Å². The summed E-state index contributed by atoms with van der Waals surface area (Å²) in [5.41, 5.74) is 0. The van der Waals surface area contributed by atoms with Gasteiger partial charge in [-0.15, -0.1) is 4.89 Å². The summed E-state index contributed by atoms with van der Waals surface area (Å²) in [6.07, 6.45) is 2.30. The van der Waals surface area contributed by atoms with Gasteiger partial charge in [0.2, 0.25) is 5.95 Å². The lowest BCUT2D eigenvalue weighted by molar-refractivity contribution is 0.256. The summed E-state index contributed by atoms with van der Waals surface area (Å²) in [4.78, 5) is 24.3. The van der Waals surface area contributed by atoms with Gasteiger partial charge in [-0.05, 0) is 24.1 Å². The van der Waals surface area contributed by atoms with Crippen LogP contribution in [-0.2, 0) is 10.0 Å². The fourth-order valence-electron chi connectivity index (χ4n) is 1.41. The van der Waals surface area contributed by atoms with Crippen LogP contribution in [0.25, 0.3) is 0 Å². The molecule has 1 aromatic heterocycles. The van der Waals surface area contributed by atoms with E-state index in [1.807, 2.05) is 4.72 Å². The maximum absolute atomic E-state index is 12.2. The molecule has 0 spiro atoms. The molecule has 0 aliphatic rings. The van der Waals surface area contributed by atoms with Gasteiger partial charge in [-0.2, -0.15) is 0 Å². The van der Waals surface area contributed by atoms with Gasteiger partial charge >= 0.3 is 6.03 Å². The SMILES string of the molecule is O=C(Nc1ncncn1)NS(=O)(=O)c1ccccc1SNO. The van der Waals surface area contributed by atoms with Crippen LogP contribution in [0, 0.1) is 0 Å². The number of nitrogens with zero attached hydrogens (tertiary/aromatic N) is 3. The quantitative estimate of drug-likeness (QED) is 0.447. The molecule has 0 unspecified atom stereocenters. The van der Waals surface area contributed by atoms with E-state index in [-0.39, 0.29) is 15.7 Å². The predicted molar refractivity (Wildman–Crippen MR) is 76.4 cm³/mol. The van der Waals surface area contributed by atoms with Crippen LogP contribution in [0.3, 0.4) is 0 Å². The van der Waals surface area contributed by atoms with Crippen molar-refractivity contribution in [2.45, 2.75) is 9.79 Å². The molecule has 1 aromatic carbocycles. The Morgan fingerprint density at radius 3 is 2.55 bits per heavy atom. The standard InChI is InChI=1S/C10H10N6O4S2/c17-10(14-9-12-5-11-6-13-9)15-22(19,20)8-4-2-1-3-7(8)21-16-18/h1-6,16,18H,(H2,11,12,13,14,15,17). The number of aromatic nitrogens is 3. The van der Waals surface area contributed by atoms with Crippen molar-refractivity contribution in [1.82, 2.24) is 24.6 Å². The second-order valence-corrected chi connectivity index (χ2v) is 6.14. The van der Waals surface area contributed by atoms with Gasteiger partial charge in [0.1, 0.15) is 17.6 Å². The first-order valence-corrected chi connectivity index (χ1v) is 7.93. The first-order chi connectivity index (χ1) is 10.5. The highest BCUT2D eigenvalue weighted by Crippen LogP contribution is 2.23. The number of amides is 2. The third kappa shape index (κ3) is 4.11. The second kappa shape index (κ2) is 7.13. The minimum atomic E-state index is -4.14. The maximum atomic E-state index is 12.2. The van der Waals surface area contributed by atoms with Gasteiger partial charge in [-0.3, -0.25) is 5.32 Å². The Morgan fingerprint density at radius 1 is 1.18 bits per heavy atom. The first kappa shape index (κ1) is 16.1. The van der Waals surface area contributed by atoms with E-state index < -0.39 is 16.1 Å². The molecule has 2 amide bonds. The number of urea groups is 1. The van der Waals surface area contributed by atoms with Crippen LogP contribution >= 0.6 is 11.9 Å². The van der Waals surface area contributed by atoms with E-state index in [0.717, 1.165) is 12.7 Å². The second-order valence-electron chi connectivity index (χ2n) is 3.66. The van der Waals surface area contributed by atoms with E-state index in [9.17, 15) is 13.2 Å². The predicted octanol–water partition coefficient (Wildman–Crippen LogP) is 0.368. The van der Waals surface area contributed by atoms with Gasteiger partial charge < -0.3 is 5.21 Å². The van der Waals surface area contributed by atoms with E-state index in [0.29, 0.717) is 11.9 Å². The van der Waals surface area contributed by atoms with Crippen LogP contribution in [0.1, 0.15) is 0 Å². The molecule has 116 valence electrons. The summed E-state index contributed by atoms with van der Waals surface area (Å²) < 4.78 is 26.2. The third-order valence-corrected chi connectivity index (χ3v) is 4.43. The summed E-state index contributed by atoms with van der Waals surface area (Å²) in [6.45, 7) is 0. The fraction of sp³-hybridized carbons (Fsp3) is 0. The average molecular weight is 342 g/mol. The molecule has 0 saturated carbocycles. The highest BCUT2D eigenvalue weighted by Gasteiger charge is 2.21. The number of hydrogen-bond donors (Lipinski definition) is 4. The molecule has 12 heteroatoms. The summed E-state index contributed by atoms with van der Waals surface area (Å²) in [7, 11) is -4.14. The fourth-order valence-corrected chi connectivity index (χ4v) is 3.28. The van der Waals surface area contributed by atoms with Crippen LogP contribution in [0.5, 0.6) is 0 Å². The van der Waals surface area contributed by atoms with E-state index in [1.54, 1.807) is 11.0 Å². The largest absolute Gasteiger partial charge is 0.335 e. The molecule has 1 heterocycles. The van der Waals surface area contributed by atoms with Gasteiger partial charge in [-0.1, -0.05) is 12.1 Å². The van der Waals surface area contributed by atoms with E-state index in [2.05, 4.69) is 20.3 Å². The molecule has 2 aromatic rings. The maximum Gasteiger partial charge on any atom is 0.335 e. The van der Waals surface area contributed by atoms with Crippen LogP contribution < -0.4 is 14.9 Å². The lowest BCUT2D eigenvalue weighted by atomic mass is 10.4. The number of hydrogen-bond acceptors (Lipinski definition) is 9. The Bertz CT molecular complexity index is 755. The molecule has 0 atom stereocenters. The van der Waals surface area contributed by atoms with Crippen LogP contribution in [-0.4, -0.2) is 34.6 Å². The molecule has 22 heavy (non-hydrogen) atoms. The van der Waals surface area contributed by atoms with Gasteiger partial charge in [0.05, 0.1) is 0 Å². The van der Waals surface area contributed by atoms with Gasteiger partial charge in [0, 0.05) is 4.90 Å². The van der Waals surface area contributed by atoms with Gasteiger partial charge in [0.15, 0.2) is 0 Å². The lowest BCUT2D eigenvalue weighted by Gasteiger charge is -2.10. The van der Waals surface area contributed by atoms with Crippen molar-refractivity contribution >= 4 is 34.0 Å². The third-order valence-electron chi connectivity index (χ3n) is 2.24. The number of carbonyl (C=O) groups is 1. The molecule has 2 rings (SSSR count). The number of carbonyl (C=O) groups excluding carboxylic acids is 1. The smallest absolute Gasteiger partial charge is 0.306 e. The number of anilines is 1. The summed E-state index contributed by atoms with van der Waals surface area (Å²) >= 11 is 0.682. The topological polar surface area (TPSA) is 146 Å². The van der Waals surface area contributed by atoms with Crippen molar-refractivity contribution < 1.29 is 18.4 Å². The number of nitrogens with one attached hydrogen (secondary N) is 3. The zero-order valence-electron chi connectivity index (χ0n) is 10.8. The van der Waals surface area contributed by atoms with E-state index in [1.165, 1.54) is 18.2 Å². The molecule has 4 N–H and O–H groups in total. The highest BCUT2D eigenvalue weighted by atomic mass is 32.2. The Labute approximate surface area is 129 Å². The van der Waals surface area contributed by atoms with Crippen LogP contribution in [0.4, 0.5) is 10.7 Å². The molecule has 0 bridgehead atoms. The molecule has 0 radical (unpaired) electrons. The molecule has 10 nitrogen and oxygen atoms in total. The van der Waals surface area contributed by atoms with Crippen molar-refractivity contribution in [2.75, 3.05) is 5.32 Å². The van der Waals surface area contributed by atoms with Crippen molar-refractivity contribution in [2.24, 2.45) is 0 Å². The van der Waals surface area contributed by atoms with E-state index in [4.69, 9.17) is 5.21 Å². The minimum Gasteiger partial charge on any atom is -0.306 e. The van der Waals surface area contributed by atoms with Crippen molar-refractivity contribution in [3.05, 3.63) is 36.9 Å². The molecule has 0 saturated heterocycles. The number of rotatable bonds is 5. The van der Waals surface area contributed by atoms with Gasteiger partial charge in [-0.25, -0.2) is 32.9 Å². The molecule has 0 aliphatic carbocycles. The summed E-state index contributed by atoms with van der Waals surface area (Å²) in [6, 6.07) is 4.80. The minimum absolute atomic E-state index is 0.0950. The van der Waals surface area contributed by atoms with Crippen LogP contribution in [0.2, 0.25) is 0 Å². The molecule has 0 aliphatic heterocycles. The monoisotopic (exact) mass is 342 g/mol. The Kier molecular flexibility index (Phi) is 5.21. The Morgan fingerprint density at radius 2 is 1.86 bits per heavy atom. The van der Waals surface area contributed by atoms with Crippen molar-refractivity contribution in [3.8, 4) is 0 Å². The molecule has 0 fully saturated rings. The number of benzene rings is 1. The molecular formula is C10H10N6O4S2. The lowest BCUT2D eigenvalue weighted by Crippen LogP contribution is -2.35. The zero-order valence-corrected chi connectivity index (χ0v) is 12.4. The van der Waals surface area contributed by atoms with E-state index >= 15 is 0 Å². The van der Waals surface area contributed by atoms with Crippen molar-refractivity contribution in [3.63, 3.8) is 0 Å². The summed E-state index contributed by atoms with van der Waals surface area (Å²) in [5, 5.41) is 10.8. The highest BCUT2D eigenvalue weighted by molar-refractivity contribution is 7.98. The molecular weight excluding hydrogens is 332 g/mol. The van der Waals surface area contributed by atoms with Crippen molar-refractivity contribution in [1.29, 1.82) is 0 Å². The Balaban J connectivity index is 2.16. The average Bonchev–Trinajstić information content (AvgIpc) is 2.48. The Hall–Kier alpha value is -2.28. The van der Waals surface area contributed by atoms with Gasteiger partial charge in [0.25, 0.3) is 10.0 Å². The normalized spacial score (nSPS) is 11.0. The number of sulfonamides is 1.